The summed E-state index contributed by atoms with van der Waals surface area (Å²) < 4.78 is 18.2. The van der Waals surface area contributed by atoms with Crippen LogP contribution in [0.3, 0.4) is 0 Å². The molecule has 20 heavy (non-hydrogen) atoms. The molecule has 0 aliphatic carbocycles. The van der Waals surface area contributed by atoms with Gasteiger partial charge in [0.05, 0.1) is 15.6 Å². The normalized spacial score (nSPS) is 10.8. The first-order chi connectivity index (χ1) is 9.70. The van der Waals surface area contributed by atoms with E-state index in [-0.39, 0.29) is 5.82 Å². The van der Waals surface area contributed by atoms with E-state index in [0.717, 1.165) is 9.77 Å². The number of hydrogen-bond acceptors (Lipinski definition) is 6. The first-order valence-electron chi connectivity index (χ1n) is 5.77. The summed E-state index contributed by atoms with van der Waals surface area (Å²) in [7, 11) is 0. The Bertz CT molecular complexity index is 726. The highest BCUT2D eigenvalue weighted by atomic mass is 32.2. The Labute approximate surface area is 122 Å². The predicted octanol–water partition coefficient (Wildman–Crippen LogP) is 3.81. The maximum atomic E-state index is 13.0. The van der Waals surface area contributed by atoms with Crippen LogP contribution in [0.2, 0.25) is 0 Å². The summed E-state index contributed by atoms with van der Waals surface area (Å²) in [6.07, 6.45) is 0. The zero-order valence-corrected chi connectivity index (χ0v) is 11.9. The lowest BCUT2D eigenvalue weighted by Gasteiger charge is -1.97. The lowest BCUT2D eigenvalue weighted by molar-refractivity contribution is 0.426. The van der Waals surface area contributed by atoms with Gasteiger partial charge < -0.3 is 10.3 Å². The molecule has 0 radical (unpaired) electrons. The van der Waals surface area contributed by atoms with Gasteiger partial charge in [-0.3, -0.25) is 0 Å². The molecule has 2 N–H and O–H groups in total. The van der Waals surface area contributed by atoms with Crippen LogP contribution < -0.4 is 5.73 Å². The number of nitrogens with zero attached hydrogens (tertiary/aromatic N) is 2. The van der Waals surface area contributed by atoms with Gasteiger partial charge in [0.25, 0.3) is 5.89 Å². The molecule has 0 amide bonds. The molecule has 0 spiro atoms. The molecule has 0 bridgehead atoms. The van der Waals surface area contributed by atoms with Crippen molar-refractivity contribution < 1.29 is 8.91 Å². The fraction of sp³-hybridized carbons (Fsp3) is 0.0769. The van der Waals surface area contributed by atoms with Crippen LogP contribution in [0, 0.1) is 5.82 Å². The minimum absolute atomic E-state index is 0.252. The van der Waals surface area contributed by atoms with Crippen molar-refractivity contribution in [1.29, 1.82) is 0 Å². The fourth-order valence-electron chi connectivity index (χ4n) is 1.59. The Kier molecular flexibility index (Phi) is 3.70. The van der Waals surface area contributed by atoms with E-state index in [1.54, 1.807) is 12.1 Å². The second-order valence-corrected chi connectivity index (χ2v) is 6.13. The quantitative estimate of drug-likeness (QED) is 0.742. The van der Waals surface area contributed by atoms with Crippen molar-refractivity contribution in [2.24, 2.45) is 0 Å². The Morgan fingerprint density at radius 3 is 2.95 bits per heavy atom. The van der Waals surface area contributed by atoms with Crippen molar-refractivity contribution in [1.82, 2.24) is 10.1 Å². The molecule has 0 fully saturated rings. The van der Waals surface area contributed by atoms with E-state index < -0.39 is 0 Å². The van der Waals surface area contributed by atoms with Crippen LogP contribution in [0.1, 0.15) is 5.82 Å². The van der Waals surface area contributed by atoms with E-state index in [0.29, 0.717) is 22.5 Å². The van der Waals surface area contributed by atoms with Crippen LogP contribution in [0.5, 0.6) is 0 Å². The summed E-state index contributed by atoms with van der Waals surface area (Å²) >= 11 is 2.85. The summed E-state index contributed by atoms with van der Waals surface area (Å²) in [4.78, 5) is 5.97. The number of hydrogen-bond donors (Lipinski definition) is 1. The monoisotopic (exact) mass is 307 g/mol. The van der Waals surface area contributed by atoms with Crippen LogP contribution in [0.15, 0.2) is 45.8 Å². The summed E-state index contributed by atoms with van der Waals surface area (Å²) in [6.45, 7) is 0. The van der Waals surface area contributed by atoms with Crippen LogP contribution >= 0.6 is 23.1 Å². The van der Waals surface area contributed by atoms with Gasteiger partial charge in [0.15, 0.2) is 5.82 Å². The van der Waals surface area contributed by atoms with Crippen molar-refractivity contribution in [2.45, 2.75) is 10.6 Å². The van der Waals surface area contributed by atoms with E-state index >= 15 is 0 Å². The number of nitrogens with two attached hydrogens (primary N) is 1. The summed E-state index contributed by atoms with van der Waals surface area (Å²) in [5.74, 6) is 1.30. The average molecular weight is 307 g/mol. The van der Waals surface area contributed by atoms with Gasteiger partial charge in [-0.2, -0.15) is 4.98 Å². The van der Waals surface area contributed by atoms with E-state index in [4.69, 9.17) is 10.3 Å². The van der Waals surface area contributed by atoms with Crippen molar-refractivity contribution in [3.8, 4) is 10.8 Å². The van der Waals surface area contributed by atoms with Crippen molar-refractivity contribution in [3.63, 3.8) is 0 Å². The second kappa shape index (κ2) is 5.64. The topological polar surface area (TPSA) is 64.9 Å². The standard InChI is InChI=1S/C13H10FN3OS2/c14-8-2-1-3-9(6-8)19-7-12-16-13(18-17-12)10-4-5-11(15)20-10/h1-6H,7,15H2. The van der Waals surface area contributed by atoms with Crippen LogP contribution in [-0.4, -0.2) is 10.1 Å². The van der Waals surface area contributed by atoms with E-state index in [9.17, 15) is 4.39 Å². The van der Waals surface area contributed by atoms with E-state index in [2.05, 4.69) is 10.1 Å². The number of halogens is 1. The SMILES string of the molecule is Nc1ccc(-c2nc(CSc3cccc(F)c3)no2)s1. The average Bonchev–Trinajstić information content (AvgIpc) is 3.05. The second-order valence-electron chi connectivity index (χ2n) is 3.96. The minimum Gasteiger partial charge on any atom is -0.391 e. The number of thiophene rings is 1. The van der Waals surface area contributed by atoms with Crippen LogP contribution in [-0.2, 0) is 5.75 Å². The Morgan fingerprint density at radius 1 is 1.30 bits per heavy atom. The Morgan fingerprint density at radius 2 is 2.20 bits per heavy atom. The van der Waals surface area contributed by atoms with Crippen molar-refractivity contribution in [2.75, 3.05) is 5.73 Å². The molecule has 3 rings (SSSR count). The number of thioether (sulfide) groups is 1. The predicted molar refractivity (Wildman–Crippen MR) is 78.0 cm³/mol. The van der Waals surface area contributed by atoms with Crippen molar-refractivity contribution >= 4 is 28.1 Å². The van der Waals surface area contributed by atoms with Gasteiger partial charge in [-0.15, -0.1) is 23.1 Å². The molecule has 0 atom stereocenters. The highest BCUT2D eigenvalue weighted by molar-refractivity contribution is 7.98. The number of benzene rings is 1. The van der Waals surface area contributed by atoms with E-state index in [1.807, 2.05) is 12.1 Å². The smallest absolute Gasteiger partial charge is 0.268 e. The molecular formula is C13H10FN3OS2. The van der Waals surface area contributed by atoms with Gasteiger partial charge in [0, 0.05) is 4.90 Å². The van der Waals surface area contributed by atoms with Crippen LogP contribution in [0.4, 0.5) is 9.39 Å². The molecule has 7 heteroatoms. The highest BCUT2D eigenvalue weighted by Crippen LogP contribution is 2.29. The molecule has 0 unspecified atom stereocenters. The first kappa shape index (κ1) is 13.1. The van der Waals surface area contributed by atoms with Gasteiger partial charge in [0.1, 0.15) is 5.82 Å². The zero-order valence-electron chi connectivity index (χ0n) is 10.2. The molecule has 0 aliphatic heterocycles. The van der Waals surface area contributed by atoms with Crippen molar-refractivity contribution in [3.05, 3.63) is 48.0 Å². The van der Waals surface area contributed by atoms with Gasteiger partial charge in [-0.1, -0.05) is 11.2 Å². The lowest BCUT2D eigenvalue weighted by atomic mass is 10.4. The highest BCUT2D eigenvalue weighted by Gasteiger charge is 2.11. The van der Waals surface area contributed by atoms with Gasteiger partial charge in [-0.05, 0) is 30.3 Å². The van der Waals surface area contributed by atoms with Gasteiger partial charge in [0.2, 0.25) is 0 Å². The van der Waals surface area contributed by atoms with Crippen LogP contribution in [0.25, 0.3) is 10.8 Å². The van der Waals surface area contributed by atoms with Gasteiger partial charge in [-0.25, -0.2) is 4.39 Å². The summed E-state index contributed by atoms with van der Waals surface area (Å²) in [6, 6.07) is 10.0. The van der Waals surface area contributed by atoms with E-state index in [1.165, 1.54) is 35.2 Å². The molecule has 102 valence electrons. The molecule has 3 aromatic rings. The summed E-state index contributed by atoms with van der Waals surface area (Å²) in [5, 5.41) is 4.61. The molecule has 0 saturated heterocycles. The molecule has 4 nitrogen and oxygen atoms in total. The Hall–Kier alpha value is -1.86. The first-order valence-corrected chi connectivity index (χ1v) is 7.57. The third kappa shape index (κ3) is 3.00. The molecule has 0 saturated carbocycles. The molecule has 1 aromatic carbocycles. The Balaban J connectivity index is 1.68. The number of anilines is 1. The summed E-state index contributed by atoms with van der Waals surface area (Å²) in [5.41, 5.74) is 5.66. The number of aromatic nitrogens is 2. The number of nitrogen functional groups attached to an aromatic ring is 1. The third-order valence-corrected chi connectivity index (χ3v) is 4.36. The molecule has 2 heterocycles. The largest absolute Gasteiger partial charge is 0.391 e. The zero-order chi connectivity index (χ0) is 13.9. The maximum absolute atomic E-state index is 13.0. The maximum Gasteiger partial charge on any atom is 0.268 e. The molecular weight excluding hydrogens is 297 g/mol. The minimum atomic E-state index is -0.252. The molecule has 2 aromatic heterocycles. The third-order valence-electron chi connectivity index (χ3n) is 2.47. The lowest BCUT2D eigenvalue weighted by Crippen LogP contribution is -1.84. The fourth-order valence-corrected chi connectivity index (χ4v) is 3.07. The molecule has 0 aliphatic rings. The number of rotatable bonds is 4. The van der Waals surface area contributed by atoms with Gasteiger partial charge >= 0.3 is 0 Å².